The molecule has 0 unspecified atom stereocenters. The Morgan fingerprint density at radius 2 is 1.06 bits per heavy atom. The number of hydrogen-bond acceptors (Lipinski definition) is 3. The van der Waals surface area contributed by atoms with E-state index in [1.54, 1.807) is 0 Å². The van der Waals surface area contributed by atoms with E-state index in [0.717, 1.165) is 0 Å². The van der Waals surface area contributed by atoms with Crippen LogP contribution in [0.3, 0.4) is 0 Å². The van der Waals surface area contributed by atoms with Gasteiger partial charge in [-0.2, -0.15) is 0 Å². The normalized spacial score (nSPS) is 6.53. The van der Waals surface area contributed by atoms with Crippen molar-refractivity contribution in [2.75, 3.05) is 7.11 Å². The highest BCUT2D eigenvalue weighted by Gasteiger charge is 1.69. The summed E-state index contributed by atoms with van der Waals surface area (Å²) >= 11 is 8.12. The van der Waals surface area contributed by atoms with Crippen LogP contribution in [0.4, 0.5) is 0 Å². The molecule has 0 spiro atoms. The van der Waals surface area contributed by atoms with Gasteiger partial charge in [0.15, 0.2) is 0 Å². The van der Waals surface area contributed by atoms with Crippen LogP contribution in [0.1, 0.15) is 13.8 Å². The minimum absolute atomic E-state index is 0.0880. The number of hydrogen-bond donors (Lipinski definition) is 3. The summed E-state index contributed by atoms with van der Waals surface area (Å²) in [6, 6.07) is 12.0. The summed E-state index contributed by atoms with van der Waals surface area (Å²) in [5.41, 5.74) is 9.20. The Morgan fingerprint density at radius 3 is 1.12 bits per heavy atom. The molecule has 0 bridgehead atoms. The summed E-state index contributed by atoms with van der Waals surface area (Å²) in [5.74, 6) is 0. The van der Waals surface area contributed by atoms with Gasteiger partial charge < -0.3 is 21.3 Å². The van der Waals surface area contributed by atoms with Crippen LogP contribution in [0.5, 0.6) is 0 Å². The van der Waals surface area contributed by atoms with Crippen LogP contribution in [0.2, 0.25) is 0 Å². The van der Waals surface area contributed by atoms with Gasteiger partial charge >= 0.3 is 0 Å². The molecule has 0 saturated heterocycles. The molecule has 0 heterocycles. The van der Waals surface area contributed by atoms with Gasteiger partial charge in [0.1, 0.15) is 0 Å². The van der Waals surface area contributed by atoms with Crippen LogP contribution in [-0.2, 0) is 4.74 Å². The first kappa shape index (κ1) is 20.9. The van der Waals surface area contributed by atoms with Gasteiger partial charge in [-0.05, 0) is 24.4 Å². The third-order valence-corrected chi connectivity index (χ3v) is 1.03. The van der Waals surface area contributed by atoms with Crippen LogP contribution in [0.25, 0.3) is 0 Å². The third-order valence-electron chi connectivity index (χ3n) is 0.868. The van der Waals surface area contributed by atoms with Gasteiger partial charge in [0.25, 0.3) is 10.3 Å². The Labute approximate surface area is 114 Å². The van der Waals surface area contributed by atoms with Crippen molar-refractivity contribution >= 4 is 34.8 Å². The van der Waals surface area contributed by atoms with E-state index in [1.807, 2.05) is 50.2 Å². The molecule has 1 rings (SSSR count). The second-order valence-electron chi connectivity index (χ2n) is 2.02. The van der Waals surface area contributed by atoms with Crippen molar-refractivity contribution in [1.29, 1.82) is 0 Å². The number of benzene rings is 1. The summed E-state index contributed by atoms with van der Waals surface area (Å²) in [4.78, 5) is 0. The molecule has 17 heavy (non-hydrogen) atoms. The summed E-state index contributed by atoms with van der Waals surface area (Å²) < 4.78 is 4.26. The van der Waals surface area contributed by atoms with Crippen molar-refractivity contribution in [3.05, 3.63) is 36.4 Å². The Balaban J connectivity index is -0.000000165. The molecule has 0 aliphatic heterocycles. The zero-order valence-corrected chi connectivity index (χ0v) is 11.9. The van der Waals surface area contributed by atoms with Gasteiger partial charge in [-0.1, -0.05) is 50.2 Å². The van der Waals surface area contributed by atoms with Crippen LogP contribution in [0, 0.1) is 0 Å². The lowest BCUT2D eigenvalue weighted by atomic mass is 10.4. The van der Waals surface area contributed by atoms with Gasteiger partial charge in [-0.3, -0.25) is 0 Å². The number of ether oxygens (including phenoxy) is 1. The number of methoxy groups -OCH3 is 1. The first-order valence-corrected chi connectivity index (χ1v) is 5.64. The molecule has 0 aliphatic carbocycles. The van der Waals surface area contributed by atoms with Crippen LogP contribution < -0.4 is 11.5 Å². The van der Waals surface area contributed by atoms with Crippen LogP contribution in [-0.4, -0.2) is 22.6 Å². The fourth-order valence-electron chi connectivity index (χ4n) is 0.385. The summed E-state index contributed by atoms with van der Waals surface area (Å²) in [6.45, 7) is 4.00. The van der Waals surface area contributed by atoms with E-state index in [2.05, 4.69) is 34.9 Å². The molecule has 5 N–H and O–H groups in total. The third kappa shape index (κ3) is 53.2. The van der Waals surface area contributed by atoms with Gasteiger partial charge in [0, 0.05) is 0 Å². The lowest BCUT2D eigenvalue weighted by Crippen LogP contribution is -2.08. The fourth-order valence-corrected chi connectivity index (χ4v) is 0.385. The van der Waals surface area contributed by atoms with E-state index < -0.39 is 5.17 Å². The molecule has 0 amide bonds. The molecule has 0 fully saturated rings. The van der Waals surface area contributed by atoms with E-state index in [9.17, 15) is 0 Å². The van der Waals surface area contributed by atoms with Crippen molar-refractivity contribution in [2.24, 2.45) is 11.5 Å². The summed E-state index contributed by atoms with van der Waals surface area (Å²) in [6.07, 6.45) is 0. The number of rotatable bonds is 0. The molecular weight excluding hydrogens is 256 g/mol. The lowest BCUT2D eigenvalue weighted by molar-refractivity contribution is 0.408. The second kappa shape index (κ2) is 20.1. The Bertz CT molecular complexity index is 239. The zero-order valence-electron chi connectivity index (χ0n) is 10.3. The topological polar surface area (TPSA) is 81.5 Å². The highest BCUT2D eigenvalue weighted by molar-refractivity contribution is 7.80. The van der Waals surface area contributed by atoms with E-state index in [0.29, 0.717) is 0 Å². The maximum Gasteiger partial charge on any atom is 0.253 e. The number of nitrogens with two attached hydrogens (primary N) is 2. The zero-order chi connectivity index (χ0) is 14.1. The fraction of sp³-hybridized carbons (Fsp3) is 0.273. The highest BCUT2D eigenvalue weighted by atomic mass is 32.1. The summed E-state index contributed by atoms with van der Waals surface area (Å²) in [5, 5.41) is 7.15. The van der Waals surface area contributed by atoms with Crippen molar-refractivity contribution < 1.29 is 9.84 Å². The molecule has 1 aromatic rings. The number of thiocarbonyl (C=S) groups is 2. The monoisotopic (exact) mass is 276 g/mol. The Kier molecular flexibility index (Phi) is 24.7. The molecule has 0 atom stereocenters. The first-order valence-electron chi connectivity index (χ1n) is 4.82. The largest absolute Gasteiger partial charge is 0.487 e. The van der Waals surface area contributed by atoms with Gasteiger partial charge in [0.05, 0.1) is 7.11 Å². The molecular formula is C11H20N2O2S2. The van der Waals surface area contributed by atoms with Gasteiger partial charge in [-0.25, -0.2) is 0 Å². The molecule has 0 radical (unpaired) electrons. The molecule has 0 aliphatic rings. The highest BCUT2D eigenvalue weighted by Crippen LogP contribution is 1.79. The molecule has 4 nitrogen and oxygen atoms in total. The SMILES string of the molecule is CC.COC(N)=S.NC(O)=S.c1ccccc1. The molecule has 0 saturated carbocycles. The molecule has 0 aromatic heterocycles. The minimum Gasteiger partial charge on any atom is -0.487 e. The smallest absolute Gasteiger partial charge is 0.253 e. The molecule has 98 valence electrons. The lowest BCUT2D eigenvalue weighted by Gasteiger charge is -1.85. The maximum absolute atomic E-state index is 7.56. The number of aliphatic hydroxyl groups excluding tert-OH is 1. The predicted octanol–water partition coefficient (Wildman–Crippen LogP) is 2.38. The van der Waals surface area contributed by atoms with Crippen molar-refractivity contribution in [1.82, 2.24) is 0 Å². The van der Waals surface area contributed by atoms with E-state index in [4.69, 9.17) is 10.8 Å². The number of aliphatic hydroxyl groups is 1. The van der Waals surface area contributed by atoms with E-state index >= 15 is 0 Å². The average molecular weight is 276 g/mol. The maximum atomic E-state index is 7.56. The standard InChI is InChI=1S/C6H6.C2H5NOS.C2H6.CH3NOS/c1-2-4-6-5-3-1;1-4-2(3)5;1-2;2-1(3)4/h1-6H;1H3,(H2,3,5);1-2H3;(H3,2,3,4). The molecule has 1 aromatic carbocycles. The predicted molar refractivity (Wildman–Crippen MR) is 81.0 cm³/mol. The van der Waals surface area contributed by atoms with Crippen molar-refractivity contribution in [3.63, 3.8) is 0 Å². The van der Waals surface area contributed by atoms with Gasteiger partial charge in [0.2, 0.25) is 0 Å². The van der Waals surface area contributed by atoms with Crippen molar-refractivity contribution in [2.45, 2.75) is 13.8 Å². The Hall–Kier alpha value is -1.40. The van der Waals surface area contributed by atoms with E-state index in [1.165, 1.54) is 7.11 Å². The minimum atomic E-state index is -0.500. The second-order valence-corrected chi connectivity index (χ2v) is 2.84. The van der Waals surface area contributed by atoms with Crippen molar-refractivity contribution in [3.8, 4) is 0 Å². The average Bonchev–Trinajstić information content (AvgIpc) is 2.34. The Morgan fingerprint density at radius 1 is 0.941 bits per heavy atom. The van der Waals surface area contributed by atoms with Gasteiger partial charge in [-0.15, -0.1) is 0 Å². The first-order chi connectivity index (χ1) is 8.00. The molecule has 6 heteroatoms. The van der Waals surface area contributed by atoms with Crippen LogP contribution >= 0.6 is 24.4 Å². The quantitative estimate of drug-likeness (QED) is 0.631. The summed E-state index contributed by atoms with van der Waals surface area (Å²) in [7, 11) is 1.43. The van der Waals surface area contributed by atoms with Crippen LogP contribution in [0.15, 0.2) is 36.4 Å². The van der Waals surface area contributed by atoms with E-state index in [-0.39, 0.29) is 5.17 Å².